The first-order valence-electron chi connectivity index (χ1n) is 6.36. The lowest BCUT2D eigenvalue weighted by Gasteiger charge is -2.10. The highest BCUT2D eigenvalue weighted by atomic mass is 19.1. The maximum Gasteiger partial charge on any atom is 0.132 e. The van der Waals surface area contributed by atoms with Gasteiger partial charge in [-0.25, -0.2) is 13.8 Å². The number of benzene rings is 1. The van der Waals surface area contributed by atoms with Gasteiger partial charge in [-0.2, -0.15) is 0 Å². The van der Waals surface area contributed by atoms with Crippen molar-refractivity contribution in [3.63, 3.8) is 0 Å². The normalized spacial score (nSPS) is 12.6. The van der Waals surface area contributed by atoms with Crippen LogP contribution in [0.3, 0.4) is 0 Å². The van der Waals surface area contributed by atoms with E-state index < -0.39 is 11.6 Å². The second-order valence-corrected chi connectivity index (χ2v) is 4.53. The van der Waals surface area contributed by atoms with Crippen molar-refractivity contribution in [1.82, 2.24) is 9.97 Å². The Bertz CT molecular complexity index is 551. The van der Waals surface area contributed by atoms with Crippen molar-refractivity contribution >= 4 is 0 Å². The average Bonchev–Trinajstić information content (AvgIpc) is 2.88. The Hall–Kier alpha value is -1.75. The van der Waals surface area contributed by atoms with Gasteiger partial charge in [-0.15, -0.1) is 0 Å². The first-order chi connectivity index (χ1) is 9.15. The first-order valence-corrected chi connectivity index (χ1v) is 6.36. The Balaban J connectivity index is 2.32. The molecule has 0 fully saturated rings. The van der Waals surface area contributed by atoms with Crippen LogP contribution >= 0.6 is 0 Å². The number of aromatic amines is 1. The standard InChI is InChI=1S/C14H17F2N3/c1-2-3-9(7-17)14-18-8-13(19-14)11-6-10(15)4-5-12(11)16/h4-6,8-9H,2-3,7,17H2,1H3,(H,18,19). The number of imidazole rings is 1. The summed E-state index contributed by atoms with van der Waals surface area (Å²) in [4.78, 5) is 7.26. The summed E-state index contributed by atoms with van der Waals surface area (Å²) in [7, 11) is 0. The number of nitrogens with two attached hydrogens (primary N) is 1. The smallest absolute Gasteiger partial charge is 0.132 e. The van der Waals surface area contributed by atoms with Crippen LogP contribution in [0.4, 0.5) is 8.78 Å². The third-order valence-electron chi connectivity index (χ3n) is 3.12. The Labute approximate surface area is 110 Å². The first kappa shape index (κ1) is 13.7. The van der Waals surface area contributed by atoms with Crippen LogP contribution in [0.1, 0.15) is 31.5 Å². The molecule has 0 spiro atoms. The number of halogens is 2. The summed E-state index contributed by atoms with van der Waals surface area (Å²) in [6.07, 6.45) is 3.42. The highest BCUT2D eigenvalue weighted by Gasteiger charge is 2.15. The minimum absolute atomic E-state index is 0.121. The third-order valence-corrected chi connectivity index (χ3v) is 3.12. The Morgan fingerprint density at radius 1 is 1.37 bits per heavy atom. The Morgan fingerprint density at radius 3 is 2.84 bits per heavy atom. The molecule has 1 aromatic heterocycles. The molecular formula is C14H17F2N3. The predicted octanol–water partition coefficient (Wildman–Crippen LogP) is 3.20. The molecule has 0 amide bonds. The van der Waals surface area contributed by atoms with Crippen molar-refractivity contribution in [3.05, 3.63) is 41.9 Å². The van der Waals surface area contributed by atoms with Crippen LogP contribution in [-0.2, 0) is 0 Å². The molecule has 3 nitrogen and oxygen atoms in total. The predicted molar refractivity (Wildman–Crippen MR) is 70.6 cm³/mol. The quantitative estimate of drug-likeness (QED) is 0.872. The Kier molecular flexibility index (Phi) is 4.27. The second-order valence-electron chi connectivity index (χ2n) is 4.53. The van der Waals surface area contributed by atoms with Gasteiger partial charge in [0.05, 0.1) is 11.9 Å². The van der Waals surface area contributed by atoms with Gasteiger partial charge in [0.15, 0.2) is 0 Å². The van der Waals surface area contributed by atoms with Crippen molar-refractivity contribution in [3.8, 4) is 11.3 Å². The summed E-state index contributed by atoms with van der Waals surface area (Å²) >= 11 is 0. The van der Waals surface area contributed by atoms with Gasteiger partial charge in [-0.1, -0.05) is 13.3 Å². The average molecular weight is 265 g/mol. The minimum Gasteiger partial charge on any atom is -0.342 e. The second kappa shape index (κ2) is 5.93. The summed E-state index contributed by atoms with van der Waals surface area (Å²) in [5.74, 6) is -0.105. The van der Waals surface area contributed by atoms with Gasteiger partial charge in [-0.3, -0.25) is 0 Å². The zero-order valence-electron chi connectivity index (χ0n) is 10.8. The van der Waals surface area contributed by atoms with Gasteiger partial charge >= 0.3 is 0 Å². The molecule has 1 atom stereocenters. The van der Waals surface area contributed by atoms with E-state index in [-0.39, 0.29) is 11.5 Å². The number of hydrogen-bond donors (Lipinski definition) is 2. The van der Waals surface area contributed by atoms with Gasteiger partial charge < -0.3 is 10.7 Å². The van der Waals surface area contributed by atoms with Gasteiger partial charge in [0.2, 0.25) is 0 Å². The van der Waals surface area contributed by atoms with Gasteiger partial charge in [0.1, 0.15) is 17.5 Å². The van der Waals surface area contributed by atoms with Crippen LogP contribution in [0.5, 0.6) is 0 Å². The van der Waals surface area contributed by atoms with Crippen molar-refractivity contribution in [2.45, 2.75) is 25.7 Å². The number of aromatic nitrogens is 2. The Morgan fingerprint density at radius 2 is 2.16 bits per heavy atom. The highest BCUT2D eigenvalue weighted by molar-refractivity contribution is 5.59. The van der Waals surface area contributed by atoms with Crippen LogP contribution in [0.2, 0.25) is 0 Å². The van der Waals surface area contributed by atoms with Crippen LogP contribution < -0.4 is 5.73 Å². The number of hydrogen-bond acceptors (Lipinski definition) is 2. The minimum atomic E-state index is -0.476. The summed E-state index contributed by atoms with van der Waals surface area (Å²) in [6, 6.07) is 3.36. The van der Waals surface area contributed by atoms with Gasteiger partial charge in [0, 0.05) is 18.0 Å². The van der Waals surface area contributed by atoms with Crippen molar-refractivity contribution in [1.29, 1.82) is 0 Å². The molecule has 0 bridgehead atoms. The fraction of sp³-hybridized carbons (Fsp3) is 0.357. The highest BCUT2D eigenvalue weighted by Crippen LogP contribution is 2.25. The fourth-order valence-electron chi connectivity index (χ4n) is 2.10. The van der Waals surface area contributed by atoms with Gasteiger partial charge in [-0.05, 0) is 24.6 Å². The van der Waals surface area contributed by atoms with E-state index in [0.717, 1.165) is 36.9 Å². The molecule has 0 radical (unpaired) electrons. The van der Waals surface area contributed by atoms with E-state index in [1.54, 1.807) is 0 Å². The molecule has 0 aliphatic carbocycles. The lowest BCUT2D eigenvalue weighted by Crippen LogP contribution is -2.13. The summed E-state index contributed by atoms with van der Waals surface area (Å²) in [5.41, 5.74) is 6.36. The van der Waals surface area contributed by atoms with Crippen LogP contribution in [0.25, 0.3) is 11.3 Å². The molecule has 1 heterocycles. The molecule has 3 N–H and O–H groups in total. The molecule has 1 unspecified atom stereocenters. The molecule has 0 aliphatic rings. The van der Waals surface area contributed by atoms with E-state index in [0.29, 0.717) is 12.2 Å². The molecule has 19 heavy (non-hydrogen) atoms. The molecule has 2 rings (SSSR count). The van der Waals surface area contributed by atoms with E-state index >= 15 is 0 Å². The van der Waals surface area contributed by atoms with Crippen LogP contribution in [-0.4, -0.2) is 16.5 Å². The van der Waals surface area contributed by atoms with Crippen molar-refractivity contribution < 1.29 is 8.78 Å². The topological polar surface area (TPSA) is 54.7 Å². The number of nitrogens with zero attached hydrogens (tertiary/aromatic N) is 1. The lowest BCUT2D eigenvalue weighted by atomic mass is 10.0. The van der Waals surface area contributed by atoms with E-state index in [4.69, 9.17) is 5.73 Å². The van der Waals surface area contributed by atoms with Crippen LogP contribution in [0.15, 0.2) is 24.4 Å². The van der Waals surface area contributed by atoms with E-state index in [9.17, 15) is 8.78 Å². The molecular weight excluding hydrogens is 248 g/mol. The van der Waals surface area contributed by atoms with Crippen molar-refractivity contribution in [2.75, 3.05) is 6.54 Å². The maximum atomic E-state index is 13.7. The molecule has 1 aromatic carbocycles. The number of H-pyrrole nitrogens is 1. The van der Waals surface area contributed by atoms with E-state index in [2.05, 4.69) is 16.9 Å². The molecule has 5 heteroatoms. The lowest BCUT2D eigenvalue weighted by molar-refractivity contribution is 0.593. The van der Waals surface area contributed by atoms with Crippen LogP contribution in [0, 0.1) is 11.6 Å². The number of rotatable bonds is 5. The molecule has 102 valence electrons. The number of nitrogens with one attached hydrogen (secondary N) is 1. The molecule has 2 aromatic rings. The monoisotopic (exact) mass is 265 g/mol. The molecule has 0 saturated heterocycles. The zero-order valence-corrected chi connectivity index (χ0v) is 10.8. The molecule has 0 saturated carbocycles. The summed E-state index contributed by atoms with van der Waals surface area (Å²) in [6.45, 7) is 2.55. The van der Waals surface area contributed by atoms with E-state index in [1.165, 1.54) is 6.20 Å². The largest absolute Gasteiger partial charge is 0.342 e. The van der Waals surface area contributed by atoms with Gasteiger partial charge in [0.25, 0.3) is 0 Å². The van der Waals surface area contributed by atoms with E-state index in [1.807, 2.05) is 0 Å². The summed E-state index contributed by atoms with van der Waals surface area (Å²) < 4.78 is 26.8. The molecule has 0 aliphatic heterocycles. The fourth-order valence-corrected chi connectivity index (χ4v) is 2.10. The van der Waals surface area contributed by atoms with Crippen molar-refractivity contribution in [2.24, 2.45) is 5.73 Å². The SMILES string of the molecule is CCCC(CN)c1ncc(-c2cc(F)ccc2F)[nH]1. The third kappa shape index (κ3) is 2.98. The zero-order chi connectivity index (χ0) is 13.8. The summed E-state index contributed by atoms with van der Waals surface area (Å²) in [5, 5.41) is 0. The maximum absolute atomic E-state index is 13.7.